The van der Waals surface area contributed by atoms with Crippen molar-refractivity contribution in [2.75, 3.05) is 6.54 Å². The highest BCUT2D eigenvalue weighted by atomic mass is 16.4. The van der Waals surface area contributed by atoms with Gasteiger partial charge in [-0.3, -0.25) is 9.59 Å². The number of benzene rings is 1. The summed E-state index contributed by atoms with van der Waals surface area (Å²) >= 11 is 0. The molecule has 2 saturated carbocycles. The van der Waals surface area contributed by atoms with Crippen LogP contribution in [-0.2, 0) is 16.0 Å². The Hall–Kier alpha value is -1.84. The number of fused-ring (bicyclic) bond motifs is 2. The van der Waals surface area contributed by atoms with Crippen LogP contribution in [0, 0.1) is 23.7 Å². The lowest BCUT2D eigenvalue weighted by molar-refractivity contribution is -0.149. The minimum Gasteiger partial charge on any atom is -0.481 e. The molecule has 118 valence electrons. The SMILES string of the molecule is O=C(O)[C@H]1[C@H]2CC[C@H](C2)[C@@H]1C(=O)NCCCc1ccccc1. The molecular weight excluding hydrogens is 278 g/mol. The van der Waals surface area contributed by atoms with Crippen LogP contribution >= 0.6 is 0 Å². The normalized spacial score (nSPS) is 29.5. The number of carboxylic acid groups (broad SMARTS) is 1. The number of carbonyl (C=O) groups excluding carboxylic acids is 1. The quantitative estimate of drug-likeness (QED) is 0.793. The molecule has 0 aliphatic heterocycles. The summed E-state index contributed by atoms with van der Waals surface area (Å²) in [7, 11) is 0. The molecular formula is C18H23NO3. The third-order valence-corrected chi connectivity index (χ3v) is 5.29. The van der Waals surface area contributed by atoms with Crippen molar-refractivity contribution in [3.05, 3.63) is 35.9 Å². The van der Waals surface area contributed by atoms with Gasteiger partial charge in [-0.25, -0.2) is 0 Å². The highest BCUT2D eigenvalue weighted by Gasteiger charge is 2.53. The number of carboxylic acids is 1. The molecule has 4 heteroatoms. The second-order valence-corrected chi connectivity index (χ2v) is 6.60. The Balaban J connectivity index is 1.48. The van der Waals surface area contributed by atoms with Crippen LogP contribution in [-0.4, -0.2) is 23.5 Å². The Morgan fingerprint density at radius 3 is 2.45 bits per heavy atom. The van der Waals surface area contributed by atoms with Gasteiger partial charge in [0.1, 0.15) is 0 Å². The number of aryl methyl sites for hydroxylation is 1. The molecule has 2 aliphatic carbocycles. The van der Waals surface area contributed by atoms with E-state index in [9.17, 15) is 14.7 Å². The number of rotatable bonds is 6. The molecule has 0 radical (unpaired) electrons. The average Bonchev–Trinajstić information content (AvgIpc) is 3.13. The minimum absolute atomic E-state index is 0.0485. The van der Waals surface area contributed by atoms with Crippen molar-refractivity contribution in [2.24, 2.45) is 23.7 Å². The lowest BCUT2D eigenvalue weighted by Crippen LogP contribution is -2.41. The van der Waals surface area contributed by atoms with Crippen LogP contribution < -0.4 is 5.32 Å². The van der Waals surface area contributed by atoms with Crippen molar-refractivity contribution in [3.8, 4) is 0 Å². The third kappa shape index (κ3) is 3.01. The molecule has 1 amide bonds. The first-order valence-electron chi connectivity index (χ1n) is 8.21. The van der Waals surface area contributed by atoms with E-state index in [1.807, 2.05) is 18.2 Å². The second kappa shape index (κ2) is 6.51. The Bertz CT molecular complexity index is 543. The molecule has 1 aromatic carbocycles. The lowest BCUT2D eigenvalue weighted by atomic mass is 9.78. The molecule has 4 atom stereocenters. The Labute approximate surface area is 130 Å². The summed E-state index contributed by atoms with van der Waals surface area (Å²) in [4.78, 5) is 23.8. The first-order chi connectivity index (χ1) is 10.7. The van der Waals surface area contributed by atoms with Crippen LogP contribution in [0.4, 0.5) is 0 Å². The Kier molecular flexibility index (Phi) is 4.46. The lowest BCUT2D eigenvalue weighted by Gasteiger charge is -2.27. The summed E-state index contributed by atoms with van der Waals surface area (Å²) in [6.45, 7) is 0.619. The molecule has 1 aromatic rings. The molecule has 2 aliphatic rings. The molecule has 22 heavy (non-hydrogen) atoms. The van der Waals surface area contributed by atoms with Gasteiger partial charge >= 0.3 is 5.97 Å². The fourth-order valence-corrected chi connectivity index (χ4v) is 4.29. The van der Waals surface area contributed by atoms with E-state index in [1.165, 1.54) is 5.56 Å². The summed E-state index contributed by atoms with van der Waals surface area (Å²) in [5.41, 5.74) is 1.26. The number of hydrogen-bond acceptors (Lipinski definition) is 2. The third-order valence-electron chi connectivity index (χ3n) is 5.29. The van der Waals surface area contributed by atoms with E-state index in [2.05, 4.69) is 17.4 Å². The molecule has 0 saturated heterocycles. The Morgan fingerprint density at radius 2 is 1.77 bits per heavy atom. The maximum Gasteiger partial charge on any atom is 0.307 e. The van der Waals surface area contributed by atoms with Crippen molar-refractivity contribution < 1.29 is 14.7 Å². The number of aliphatic carboxylic acids is 1. The number of carbonyl (C=O) groups is 2. The molecule has 0 spiro atoms. The molecule has 3 rings (SSSR count). The minimum atomic E-state index is -0.795. The maximum atomic E-state index is 12.4. The van der Waals surface area contributed by atoms with E-state index < -0.39 is 11.9 Å². The van der Waals surface area contributed by atoms with Crippen LogP contribution in [0.5, 0.6) is 0 Å². The first-order valence-corrected chi connectivity index (χ1v) is 8.21. The topological polar surface area (TPSA) is 66.4 Å². The van der Waals surface area contributed by atoms with Crippen molar-refractivity contribution >= 4 is 11.9 Å². The van der Waals surface area contributed by atoms with Gasteiger partial charge in [-0.05, 0) is 49.5 Å². The van der Waals surface area contributed by atoms with Crippen LogP contribution in [0.15, 0.2) is 30.3 Å². The fraction of sp³-hybridized carbons (Fsp3) is 0.556. The van der Waals surface area contributed by atoms with Crippen LogP contribution in [0.2, 0.25) is 0 Å². The summed E-state index contributed by atoms with van der Waals surface area (Å²) < 4.78 is 0. The van der Waals surface area contributed by atoms with Crippen molar-refractivity contribution in [1.82, 2.24) is 5.32 Å². The van der Waals surface area contributed by atoms with Crippen LogP contribution in [0.1, 0.15) is 31.2 Å². The van der Waals surface area contributed by atoms with Gasteiger partial charge in [-0.15, -0.1) is 0 Å². The number of nitrogens with one attached hydrogen (secondary N) is 1. The van der Waals surface area contributed by atoms with E-state index in [4.69, 9.17) is 0 Å². The van der Waals surface area contributed by atoms with E-state index in [-0.39, 0.29) is 23.7 Å². The molecule has 0 aromatic heterocycles. The zero-order chi connectivity index (χ0) is 15.5. The average molecular weight is 301 g/mol. The van der Waals surface area contributed by atoms with Gasteiger partial charge < -0.3 is 10.4 Å². The molecule has 4 nitrogen and oxygen atoms in total. The van der Waals surface area contributed by atoms with Crippen LogP contribution in [0.3, 0.4) is 0 Å². The smallest absolute Gasteiger partial charge is 0.307 e. The molecule has 0 heterocycles. The summed E-state index contributed by atoms with van der Waals surface area (Å²) in [5, 5.41) is 12.4. The van der Waals surface area contributed by atoms with Gasteiger partial charge in [0.05, 0.1) is 11.8 Å². The number of hydrogen-bond donors (Lipinski definition) is 2. The van der Waals surface area contributed by atoms with E-state index in [0.717, 1.165) is 32.1 Å². The zero-order valence-electron chi connectivity index (χ0n) is 12.7. The van der Waals surface area contributed by atoms with Crippen LogP contribution in [0.25, 0.3) is 0 Å². The highest BCUT2D eigenvalue weighted by molar-refractivity contribution is 5.86. The van der Waals surface area contributed by atoms with Crippen molar-refractivity contribution in [1.29, 1.82) is 0 Å². The number of amides is 1. The zero-order valence-corrected chi connectivity index (χ0v) is 12.7. The van der Waals surface area contributed by atoms with Gasteiger partial charge in [-0.2, -0.15) is 0 Å². The monoisotopic (exact) mass is 301 g/mol. The molecule has 2 fully saturated rings. The fourth-order valence-electron chi connectivity index (χ4n) is 4.29. The van der Waals surface area contributed by atoms with Gasteiger partial charge in [-0.1, -0.05) is 30.3 Å². The maximum absolute atomic E-state index is 12.4. The van der Waals surface area contributed by atoms with Gasteiger partial charge in [0.25, 0.3) is 0 Å². The second-order valence-electron chi connectivity index (χ2n) is 6.60. The summed E-state index contributed by atoms with van der Waals surface area (Å²) in [5.74, 6) is -1.13. The Morgan fingerprint density at radius 1 is 1.09 bits per heavy atom. The molecule has 2 N–H and O–H groups in total. The largest absolute Gasteiger partial charge is 0.481 e. The van der Waals surface area contributed by atoms with Gasteiger partial charge in [0, 0.05) is 6.54 Å². The van der Waals surface area contributed by atoms with Gasteiger partial charge in [0.2, 0.25) is 5.91 Å². The van der Waals surface area contributed by atoms with E-state index >= 15 is 0 Å². The molecule has 2 bridgehead atoms. The van der Waals surface area contributed by atoms with E-state index in [1.54, 1.807) is 0 Å². The molecule has 0 unspecified atom stereocenters. The van der Waals surface area contributed by atoms with Crippen molar-refractivity contribution in [3.63, 3.8) is 0 Å². The summed E-state index contributed by atoms with van der Waals surface area (Å²) in [6, 6.07) is 10.2. The summed E-state index contributed by atoms with van der Waals surface area (Å²) in [6.07, 6.45) is 4.71. The first kappa shape index (κ1) is 15.1. The predicted molar refractivity (Wildman–Crippen MR) is 83.2 cm³/mol. The standard InChI is InChI=1S/C18H23NO3/c20-17(19-10-4-7-12-5-2-1-3-6-12)15-13-8-9-14(11-13)16(15)18(21)22/h1-3,5-6,13-16H,4,7-11H2,(H,19,20)(H,21,22)/t13-,14+,15+,16+/m1/s1. The van der Waals surface area contributed by atoms with E-state index in [0.29, 0.717) is 6.54 Å². The highest BCUT2D eigenvalue weighted by Crippen LogP contribution is 2.52. The predicted octanol–water partition coefficient (Wildman–Crippen LogP) is 2.48. The van der Waals surface area contributed by atoms with Gasteiger partial charge in [0.15, 0.2) is 0 Å². The van der Waals surface area contributed by atoms with Crippen molar-refractivity contribution in [2.45, 2.75) is 32.1 Å².